The van der Waals surface area contributed by atoms with Gasteiger partial charge in [0.05, 0.1) is 12.1 Å². The molecule has 148 valence electrons. The summed E-state index contributed by atoms with van der Waals surface area (Å²) in [7, 11) is 0. The van der Waals surface area contributed by atoms with Gasteiger partial charge in [0, 0.05) is 12.5 Å². The Morgan fingerprint density at radius 3 is 2.15 bits per heavy atom. The monoisotopic (exact) mass is 364 g/mol. The third-order valence-electron chi connectivity index (χ3n) is 4.17. The van der Waals surface area contributed by atoms with Gasteiger partial charge in [0.1, 0.15) is 0 Å². The highest BCUT2D eigenvalue weighted by Gasteiger charge is 2.36. The van der Waals surface area contributed by atoms with Crippen LogP contribution in [0.4, 0.5) is 4.79 Å². The van der Waals surface area contributed by atoms with Crippen molar-refractivity contribution in [3.05, 3.63) is 35.9 Å². The van der Waals surface area contributed by atoms with E-state index in [0.29, 0.717) is 0 Å². The van der Waals surface area contributed by atoms with Crippen molar-refractivity contribution in [3.8, 4) is 0 Å². The van der Waals surface area contributed by atoms with Crippen molar-refractivity contribution in [2.75, 3.05) is 6.54 Å². The number of nitrogens with one attached hydrogen (secondary N) is 2. The highest BCUT2D eigenvalue weighted by atomic mass is 16.7. The molecule has 0 saturated heterocycles. The summed E-state index contributed by atoms with van der Waals surface area (Å²) in [4.78, 5) is 17.2. The van der Waals surface area contributed by atoms with Gasteiger partial charge in [0.15, 0.2) is 0 Å². The first-order chi connectivity index (χ1) is 11.9. The Morgan fingerprint density at radius 2 is 1.69 bits per heavy atom. The molecule has 3 unspecified atom stereocenters. The van der Waals surface area contributed by atoms with Gasteiger partial charge in [-0.3, -0.25) is 0 Å². The summed E-state index contributed by atoms with van der Waals surface area (Å²) in [5.41, 5.74) is 4.27. The van der Waals surface area contributed by atoms with Crippen LogP contribution >= 0.6 is 0 Å². The minimum absolute atomic E-state index is 0.0241. The molecule has 0 aromatic heterocycles. The van der Waals surface area contributed by atoms with Crippen LogP contribution < -0.4 is 10.8 Å². The van der Waals surface area contributed by atoms with E-state index in [1.54, 1.807) is 6.92 Å². The van der Waals surface area contributed by atoms with E-state index in [0.717, 1.165) is 6.42 Å². The average Bonchev–Trinajstić information content (AvgIpc) is 2.49. The van der Waals surface area contributed by atoms with Gasteiger partial charge in [-0.05, 0) is 29.7 Å². The molecule has 1 rings (SSSR count). The number of amides is 1. The minimum atomic E-state index is -0.612. The van der Waals surface area contributed by atoms with Crippen molar-refractivity contribution in [1.29, 1.82) is 0 Å². The molecular weight excluding hydrogens is 328 g/mol. The highest BCUT2D eigenvalue weighted by Crippen LogP contribution is 2.41. The van der Waals surface area contributed by atoms with Crippen LogP contribution in [0.5, 0.6) is 0 Å². The molecule has 3 N–H and O–H groups in total. The summed E-state index contributed by atoms with van der Waals surface area (Å²) < 4.78 is 0. The maximum absolute atomic E-state index is 11.9. The standard InChI is InChI=1S/C21H36N2O3/c1-15(24)14-22-19(25)26-23-17(13-20(2,3)4)18(21(5,6)7)16-11-9-8-10-12-16/h8-12,15,17-18,23-24H,13-14H2,1-7H3,(H,22,25). The highest BCUT2D eigenvalue weighted by molar-refractivity contribution is 5.66. The molecule has 0 heterocycles. The van der Waals surface area contributed by atoms with Gasteiger partial charge < -0.3 is 15.3 Å². The van der Waals surface area contributed by atoms with Crippen LogP contribution in [0.15, 0.2) is 30.3 Å². The maximum atomic E-state index is 11.9. The number of hydrogen-bond acceptors (Lipinski definition) is 4. The molecule has 0 radical (unpaired) electrons. The average molecular weight is 365 g/mol. The molecule has 0 aliphatic carbocycles. The van der Waals surface area contributed by atoms with Crippen LogP contribution in [0.2, 0.25) is 0 Å². The topological polar surface area (TPSA) is 70.6 Å². The second-order valence-electron chi connectivity index (χ2n) is 9.36. The number of aliphatic hydroxyl groups is 1. The summed E-state index contributed by atoms with van der Waals surface area (Å²) in [6.45, 7) is 14.9. The van der Waals surface area contributed by atoms with Crippen molar-refractivity contribution < 1.29 is 14.7 Å². The predicted molar refractivity (Wildman–Crippen MR) is 106 cm³/mol. The van der Waals surface area contributed by atoms with E-state index in [9.17, 15) is 9.90 Å². The van der Waals surface area contributed by atoms with E-state index in [4.69, 9.17) is 4.84 Å². The largest absolute Gasteiger partial charge is 0.426 e. The molecular formula is C21H36N2O3. The van der Waals surface area contributed by atoms with Crippen LogP contribution in [-0.2, 0) is 4.84 Å². The van der Waals surface area contributed by atoms with E-state index in [1.807, 2.05) is 18.2 Å². The van der Waals surface area contributed by atoms with Gasteiger partial charge in [0.2, 0.25) is 0 Å². The molecule has 5 heteroatoms. The van der Waals surface area contributed by atoms with Gasteiger partial charge >= 0.3 is 6.09 Å². The second-order valence-corrected chi connectivity index (χ2v) is 9.36. The number of hydrogen-bond donors (Lipinski definition) is 3. The van der Waals surface area contributed by atoms with E-state index in [-0.39, 0.29) is 29.3 Å². The lowest BCUT2D eigenvalue weighted by Crippen LogP contribution is -2.45. The third kappa shape index (κ3) is 8.19. The van der Waals surface area contributed by atoms with Crippen molar-refractivity contribution >= 4 is 6.09 Å². The van der Waals surface area contributed by atoms with Crippen LogP contribution in [0.1, 0.15) is 66.4 Å². The Morgan fingerprint density at radius 1 is 1.12 bits per heavy atom. The molecule has 0 saturated carbocycles. The molecule has 0 fully saturated rings. The van der Waals surface area contributed by atoms with Crippen LogP contribution in [0, 0.1) is 10.8 Å². The van der Waals surface area contributed by atoms with Gasteiger partial charge in [-0.15, -0.1) is 5.48 Å². The summed E-state index contributed by atoms with van der Waals surface area (Å²) >= 11 is 0. The molecule has 26 heavy (non-hydrogen) atoms. The van der Waals surface area contributed by atoms with Crippen LogP contribution in [0.25, 0.3) is 0 Å². The second kappa shape index (κ2) is 9.38. The third-order valence-corrected chi connectivity index (χ3v) is 4.17. The zero-order valence-corrected chi connectivity index (χ0v) is 17.3. The van der Waals surface area contributed by atoms with Crippen molar-refractivity contribution in [1.82, 2.24) is 10.8 Å². The van der Waals surface area contributed by atoms with E-state index < -0.39 is 12.2 Å². The lowest BCUT2D eigenvalue weighted by atomic mass is 9.69. The molecule has 0 aliphatic heterocycles. The Kier molecular flexibility index (Phi) is 8.10. The molecule has 0 bridgehead atoms. The Bertz CT molecular complexity index is 545. The van der Waals surface area contributed by atoms with Crippen LogP contribution in [-0.4, -0.2) is 29.9 Å². The minimum Gasteiger partial charge on any atom is -0.392 e. The number of aliphatic hydroxyl groups excluding tert-OH is 1. The lowest BCUT2D eigenvalue weighted by molar-refractivity contribution is 0.0332. The fourth-order valence-corrected chi connectivity index (χ4v) is 3.28. The normalized spacial score (nSPS) is 15.8. The van der Waals surface area contributed by atoms with Gasteiger partial charge in [-0.25, -0.2) is 4.79 Å². The predicted octanol–water partition coefficient (Wildman–Crippen LogP) is 4.23. The Labute approximate surface area is 158 Å². The first-order valence-electron chi connectivity index (χ1n) is 9.33. The van der Waals surface area contributed by atoms with Crippen LogP contribution in [0.3, 0.4) is 0 Å². The summed E-state index contributed by atoms with van der Waals surface area (Å²) in [5.74, 6) is 0.160. The van der Waals surface area contributed by atoms with Crippen molar-refractivity contribution in [3.63, 3.8) is 0 Å². The maximum Gasteiger partial charge on any atom is 0.426 e. The van der Waals surface area contributed by atoms with E-state index in [1.165, 1.54) is 5.56 Å². The van der Waals surface area contributed by atoms with Gasteiger partial charge in [-0.1, -0.05) is 71.9 Å². The summed E-state index contributed by atoms with van der Waals surface area (Å²) in [5, 5.41) is 11.8. The fraction of sp³-hybridized carbons (Fsp3) is 0.667. The first-order valence-corrected chi connectivity index (χ1v) is 9.33. The SMILES string of the molecule is CC(O)CNC(=O)ONC(CC(C)(C)C)C(c1ccccc1)C(C)(C)C. The molecule has 1 aromatic rings. The smallest absolute Gasteiger partial charge is 0.392 e. The summed E-state index contributed by atoms with van der Waals surface area (Å²) in [6, 6.07) is 10.3. The molecule has 5 nitrogen and oxygen atoms in total. The first kappa shape index (κ1) is 22.5. The molecule has 0 spiro atoms. The number of carbonyl (C=O) groups is 1. The number of rotatable bonds is 7. The summed E-state index contributed by atoms with van der Waals surface area (Å²) in [6.07, 6.45) is -0.349. The van der Waals surface area contributed by atoms with Crippen molar-refractivity contribution in [2.24, 2.45) is 10.8 Å². The zero-order chi connectivity index (χ0) is 20.0. The number of carbonyl (C=O) groups excluding carboxylic acids is 1. The van der Waals surface area contributed by atoms with Crippen molar-refractivity contribution in [2.45, 2.75) is 73.0 Å². The van der Waals surface area contributed by atoms with E-state index in [2.05, 4.69) is 64.5 Å². The molecule has 1 amide bonds. The van der Waals surface area contributed by atoms with Gasteiger partial charge in [0.25, 0.3) is 0 Å². The number of hydroxylamine groups is 1. The Hall–Kier alpha value is -1.59. The quantitative estimate of drug-likeness (QED) is 0.633. The zero-order valence-electron chi connectivity index (χ0n) is 17.3. The Balaban J connectivity index is 3.00. The molecule has 1 aromatic carbocycles. The number of benzene rings is 1. The van der Waals surface area contributed by atoms with E-state index >= 15 is 0 Å². The lowest BCUT2D eigenvalue weighted by Gasteiger charge is -2.40. The van der Waals surface area contributed by atoms with Gasteiger partial charge in [-0.2, -0.15) is 0 Å². The fourth-order valence-electron chi connectivity index (χ4n) is 3.28. The molecule has 0 aliphatic rings. The molecule has 3 atom stereocenters.